The van der Waals surface area contributed by atoms with Crippen molar-refractivity contribution in [3.8, 4) is 5.75 Å². The van der Waals surface area contributed by atoms with Crippen molar-refractivity contribution in [3.05, 3.63) is 45.6 Å². The second-order valence-electron chi connectivity index (χ2n) is 5.39. The highest BCUT2D eigenvalue weighted by Crippen LogP contribution is 2.30. The Bertz CT molecular complexity index is 1010. The highest BCUT2D eigenvalue weighted by atomic mass is 35.5. The van der Waals surface area contributed by atoms with Crippen LogP contribution < -0.4 is 15.2 Å². The summed E-state index contributed by atoms with van der Waals surface area (Å²) in [5.74, 6) is 0.161. The Hall–Kier alpha value is -2.87. The number of likely N-dealkylation sites (N-methyl/N-ethyl adjacent to an activating group) is 1. The summed E-state index contributed by atoms with van der Waals surface area (Å²) >= 11 is 6.00. The number of hydrogen-bond donors (Lipinski definition) is 0. The van der Waals surface area contributed by atoms with Gasteiger partial charge in [-0.25, -0.2) is 4.98 Å². The molecule has 0 aliphatic heterocycles. The molecular weight excluding hydrogens is 348 g/mol. The van der Waals surface area contributed by atoms with Crippen LogP contribution in [0.4, 0.5) is 5.69 Å². The molecule has 0 radical (unpaired) electrons. The predicted octanol–water partition coefficient (Wildman–Crippen LogP) is 2.02. The zero-order valence-electron chi connectivity index (χ0n) is 13.8. The third-order valence-electron chi connectivity index (χ3n) is 3.82. The zero-order valence-corrected chi connectivity index (χ0v) is 14.6. The van der Waals surface area contributed by atoms with Gasteiger partial charge in [-0.2, -0.15) is 0 Å². The van der Waals surface area contributed by atoms with Gasteiger partial charge in [0.2, 0.25) is 5.91 Å². The number of hydrogen-bond acceptors (Lipinski definition) is 6. The molecule has 0 N–H and O–H groups in total. The first-order valence-corrected chi connectivity index (χ1v) is 7.71. The van der Waals surface area contributed by atoms with Gasteiger partial charge in [0.15, 0.2) is 0 Å². The lowest BCUT2D eigenvalue weighted by Gasteiger charge is -2.20. The van der Waals surface area contributed by atoms with E-state index < -0.39 is 0 Å². The number of ether oxygens (including phenoxy) is 1. The molecule has 0 spiro atoms. The van der Waals surface area contributed by atoms with Crippen molar-refractivity contribution < 1.29 is 14.1 Å². The molecule has 3 aromatic rings. The highest BCUT2D eigenvalue weighted by molar-refractivity contribution is 6.31. The van der Waals surface area contributed by atoms with Crippen LogP contribution in [0.1, 0.15) is 5.69 Å². The molecule has 0 atom stereocenters. The average molecular weight is 363 g/mol. The Balaban J connectivity index is 1.92. The first kappa shape index (κ1) is 17.0. The van der Waals surface area contributed by atoms with E-state index in [0.29, 0.717) is 22.2 Å². The first-order valence-electron chi connectivity index (χ1n) is 7.34. The predicted molar refractivity (Wildman–Crippen MR) is 92.2 cm³/mol. The van der Waals surface area contributed by atoms with Crippen LogP contribution in [0, 0.1) is 6.92 Å². The molecule has 9 heteroatoms. The molecule has 25 heavy (non-hydrogen) atoms. The van der Waals surface area contributed by atoms with Crippen molar-refractivity contribution in [2.75, 3.05) is 19.1 Å². The van der Waals surface area contributed by atoms with E-state index >= 15 is 0 Å². The molecule has 0 unspecified atom stereocenters. The molecule has 0 saturated carbocycles. The molecule has 2 aromatic heterocycles. The van der Waals surface area contributed by atoms with Gasteiger partial charge in [-0.05, 0) is 25.1 Å². The van der Waals surface area contributed by atoms with E-state index in [1.807, 2.05) is 0 Å². The number of fused-ring (bicyclic) bond motifs is 1. The number of benzene rings is 1. The van der Waals surface area contributed by atoms with Crippen molar-refractivity contribution in [2.45, 2.75) is 13.5 Å². The maximum absolute atomic E-state index is 12.6. The molecule has 8 nitrogen and oxygen atoms in total. The lowest BCUT2D eigenvalue weighted by atomic mass is 10.2. The lowest BCUT2D eigenvalue weighted by Crippen LogP contribution is -2.34. The second-order valence-corrected chi connectivity index (χ2v) is 5.83. The molecule has 0 bridgehead atoms. The summed E-state index contributed by atoms with van der Waals surface area (Å²) in [5, 5.41) is 4.45. The molecule has 0 fully saturated rings. The number of methoxy groups -OCH3 is 1. The standard InChI is InChI=1S/C16H15ClN4O4/c1-9-14-15(25-19-9)18-8-21(16(14)23)7-13(22)20(2)11-6-10(17)4-5-12(11)24-3/h4-6,8H,7H2,1-3H3. The number of nitrogens with zero attached hydrogens (tertiary/aromatic N) is 4. The topological polar surface area (TPSA) is 90.5 Å². The molecule has 0 saturated heterocycles. The van der Waals surface area contributed by atoms with Crippen molar-refractivity contribution in [3.63, 3.8) is 0 Å². The van der Waals surface area contributed by atoms with E-state index in [9.17, 15) is 9.59 Å². The van der Waals surface area contributed by atoms with Crippen molar-refractivity contribution in [1.29, 1.82) is 0 Å². The summed E-state index contributed by atoms with van der Waals surface area (Å²) in [6.45, 7) is 1.45. The third kappa shape index (κ3) is 3.08. The summed E-state index contributed by atoms with van der Waals surface area (Å²) in [4.78, 5) is 30.5. The van der Waals surface area contributed by atoms with Gasteiger partial charge < -0.3 is 14.2 Å². The van der Waals surface area contributed by atoms with Crippen LogP contribution in [0.3, 0.4) is 0 Å². The van der Waals surface area contributed by atoms with Crippen LogP contribution in [-0.4, -0.2) is 34.8 Å². The SMILES string of the molecule is COc1ccc(Cl)cc1N(C)C(=O)Cn1cnc2onc(C)c2c1=O. The highest BCUT2D eigenvalue weighted by Gasteiger charge is 2.19. The maximum Gasteiger partial charge on any atom is 0.267 e. The molecular formula is C16H15ClN4O4. The van der Waals surface area contributed by atoms with Crippen LogP contribution in [0.25, 0.3) is 11.1 Å². The van der Waals surface area contributed by atoms with E-state index in [0.717, 1.165) is 0 Å². The fourth-order valence-corrected chi connectivity index (χ4v) is 2.60. The van der Waals surface area contributed by atoms with Gasteiger partial charge in [-0.1, -0.05) is 16.8 Å². The smallest absolute Gasteiger partial charge is 0.267 e. The van der Waals surface area contributed by atoms with Crippen LogP contribution >= 0.6 is 11.6 Å². The molecule has 0 aliphatic carbocycles. The van der Waals surface area contributed by atoms with Crippen molar-refractivity contribution in [2.24, 2.45) is 0 Å². The van der Waals surface area contributed by atoms with Gasteiger partial charge in [-0.3, -0.25) is 14.2 Å². The summed E-state index contributed by atoms with van der Waals surface area (Å²) in [7, 11) is 3.08. The van der Waals surface area contributed by atoms with Gasteiger partial charge in [-0.15, -0.1) is 0 Å². The Morgan fingerprint density at radius 1 is 1.44 bits per heavy atom. The van der Waals surface area contributed by atoms with E-state index in [-0.39, 0.29) is 29.1 Å². The quantitative estimate of drug-likeness (QED) is 0.705. The first-order chi connectivity index (χ1) is 11.9. The van der Waals surface area contributed by atoms with E-state index in [1.54, 1.807) is 32.2 Å². The minimum absolute atomic E-state index is 0.149. The van der Waals surface area contributed by atoms with Crippen LogP contribution in [0.15, 0.2) is 33.8 Å². The Kier molecular flexibility index (Phi) is 4.45. The van der Waals surface area contributed by atoms with Gasteiger partial charge in [0.1, 0.15) is 24.0 Å². The molecule has 1 amide bonds. The zero-order chi connectivity index (χ0) is 18.1. The number of rotatable bonds is 4. The minimum Gasteiger partial charge on any atom is -0.495 e. The van der Waals surface area contributed by atoms with Crippen LogP contribution in [0.2, 0.25) is 5.02 Å². The number of aryl methyl sites for hydroxylation is 1. The molecule has 0 aliphatic rings. The summed E-state index contributed by atoms with van der Waals surface area (Å²) in [5.41, 5.74) is 0.696. The summed E-state index contributed by atoms with van der Waals surface area (Å²) in [6.07, 6.45) is 1.26. The molecule has 130 valence electrons. The van der Waals surface area contributed by atoms with Gasteiger partial charge >= 0.3 is 0 Å². The number of halogens is 1. The largest absolute Gasteiger partial charge is 0.495 e. The number of carbonyl (C=O) groups excluding carboxylic acids is 1. The number of aromatic nitrogens is 3. The van der Waals surface area contributed by atoms with E-state index in [4.69, 9.17) is 20.9 Å². The Morgan fingerprint density at radius 3 is 2.92 bits per heavy atom. The molecule has 1 aromatic carbocycles. The fourth-order valence-electron chi connectivity index (χ4n) is 2.43. The van der Waals surface area contributed by atoms with Crippen molar-refractivity contribution in [1.82, 2.24) is 14.7 Å². The molecule has 3 rings (SSSR count). The monoisotopic (exact) mass is 362 g/mol. The summed E-state index contributed by atoms with van der Waals surface area (Å²) in [6, 6.07) is 4.95. The second kappa shape index (κ2) is 6.56. The minimum atomic E-state index is -0.386. The van der Waals surface area contributed by atoms with Crippen LogP contribution in [0.5, 0.6) is 5.75 Å². The van der Waals surface area contributed by atoms with Crippen LogP contribution in [-0.2, 0) is 11.3 Å². The lowest BCUT2D eigenvalue weighted by molar-refractivity contribution is -0.118. The Morgan fingerprint density at radius 2 is 2.20 bits per heavy atom. The Labute approximate surface area is 147 Å². The summed E-state index contributed by atoms with van der Waals surface area (Å²) < 4.78 is 11.4. The maximum atomic E-state index is 12.6. The van der Waals surface area contributed by atoms with Gasteiger partial charge in [0.25, 0.3) is 11.3 Å². The molecule has 2 heterocycles. The van der Waals surface area contributed by atoms with Gasteiger partial charge in [0, 0.05) is 12.1 Å². The number of carbonyl (C=O) groups is 1. The van der Waals surface area contributed by atoms with Gasteiger partial charge in [0.05, 0.1) is 18.5 Å². The van der Waals surface area contributed by atoms with Crippen molar-refractivity contribution >= 4 is 34.3 Å². The number of anilines is 1. The van der Waals surface area contributed by atoms with E-state index in [2.05, 4.69) is 10.1 Å². The average Bonchev–Trinajstić information content (AvgIpc) is 2.98. The number of amides is 1. The normalized spacial score (nSPS) is 10.9. The van der Waals surface area contributed by atoms with E-state index in [1.165, 1.54) is 22.9 Å². The fraction of sp³-hybridized carbons (Fsp3) is 0.250. The third-order valence-corrected chi connectivity index (χ3v) is 4.05.